The van der Waals surface area contributed by atoms with Gasteiger partial charge in [0, 0.05) is 13.8 Å². The minimum absolute atomic E-state index is 0.378. The van der Waals surface area contributed by atoms with Crippen molar-refractivity contribution in [2.75, 3.05) is 0 Å². The number of hydrogen-bond acceptors (Lipinski definition) is 4. The molecule has 0 saturated heterocycles. The third-order valence-corrected chi connectivity index (χ3v) is 2.00. The van der Waals surface area contributed by atoms with Crippen LogP contribution in [0.5, 0.6) is 11.5 Å². The molecular formula is C14H18O4. The standard InChI is InChI=1S/C14H18O4/c1-5-15-11(3)17-13-7-9-14(10-8-13)18-12(4)16-6-2/h5-12H,1-2H2,3-4H3. The summed E-state index contributed by atoms with van der Waals surface area (Å²) in [5.41, 5.74) is 0. The lowest BCUT2D eigenvalue weighted by molar-refractivity contribution is -0.0160. The van der Waals surface area contributed by atoms with E-state index < -0.39 is 0 Å². The summed E-state index contributed by atoms with van der Waals surface area (Å²) in [6, 6.07) is 7.16. The van der Waals surface area contributed by atoms with E-state index in [1.54, 1.807) is 38.1 Å². The molecule has 0 aliphatic rings. The molecule has 0 amide bonds. The molecule has 0 spiro atoms. The Bertz CT molecular complexity index is 335. The van der Waals surface area contributed by atoms with Gasteiger partial charge in [-0.25, -0.2) is 0 Å². The Morgan fingerprint density at radius 1 is 0.833 bits per heavy atom. The average molecular weight is 250 g/mol. The Balaban J connectivity index is 2.51. The molecule has 18 heavy (non-hydrogen) atoms. The summed E-state index contributed by atoms with van der Waals surface area (Å²) < 4.78 is 21.0. The molecular weight excluding hydrogens is 232 g/mol. The zero-order valence-corrected chi connectivity index (χ0v) is 10.7. The molecule has 0 aliphatic heterocycles. The fourth-order valence-corrected chi connectivity index (χ4v) is 1.31. The molecule has 98 valence electrons. The Kier molecular flexibility index (Phi) is 5.64. The monoisotopic (exact) mass is 250 g/mol. The molecule has 0 N–H and O–H groups in total. The van der Waals surface area contributed by atoms with Gasteiger partial charge >= 0.3 is 0 Å². The average Bonchev–Trinajstić information content (AvgIpc) is 2.32. The minimum atomic E-state index is -0.378. The first kappa shape index (κ1) is 14.0. The lowest BCUT2D eigenvalue weighted by Gasteiger charge is -2.16. The lowest BCUT2D eigenvalue weighted by Crippen LogP contribution is -2.14. The van der Waals surface area contributed by atoms with Crippen molar-refractivity contribution < 1.29 is 18.9 Å². The highest BCUT2D eigenvalue weighted by atomic mass is 16.7. The van der Waals surface area contributed by atoms with Crippen molar-refractivity contribution in [2.24, 2.45) is 0 Å². The van der Waals surface area contributed by atoms with E-state index >= 15 is 0 Å². The van der Waals surface area contributed by atoms with Gasteiger partial charge in [0.1, 0.15) is 11.5 Å². The van der Waals surface area contributed by atoms with Crippen LogP contribution in [-0.2, 0) is 9.47 Å². The minimum Gasteiger partial charge on any atom is -0.463 e. The smallest absolute Gasteiger partial charge is 0.237 e. The maximum Gasteiger partial charge on any atom is 0.237 e. The van der Waals surface area contributed by atoms with Gasteiger partial charge in [-0.1, -0.05) is 13.2 Å². The summed E-state index contributed by atoms with van der Waals surface area (Å²) in [6.45, 7) is 10.5. The van der Waals surface area contributed by atoms with Crippen molar-refractivity contribution in [1.82, 2.24) is 0 Å². The lowest BCUT2D eigenvalue weighted by atomic mass is 10.3. The van der Waals surface area contributed by atoms with E-state index in [0.717, 1.165) is 0 Å². The molecule has 0 saturated carbocycles. The largest absolute Gasteiger partial charge is 0.463 e. The van der Waals surface area contributed by atoms with E-state index in [2.05, 4.69) is 13.2 Å². The maximum atomic E-state index is 5.47. The second-order valence-corrected chi connectivity index (χ2v) is 3.45. The third-order valence-electron chi connectivity index (χ3n) is 2.00. The van der Waals surface area contributed by atoms with Gasteiger partial charge < -0.3 is 18.9 Å². The van der Waals surface area contributed by atoms with Crippen LogP contribution in [0.2, 0.25) is 0 Å². The first-order chi connectivity index (χ1) is 8.65. The second kappa shape index (κ2) is 7.27. The topological polar surface area (TPSA) is 36.9 Å². The van der Waals surface area contributed by atoms with Crippen LogP contribution in [0.1, 0.15) is 13.8 Å². The summed E-state index contributed by atoms with van der Waals surface area (Å²) in [5, 5.41) is 0. The summed E-state index contributed by atoms with van der Waals surface area (Å²) in [6.07, 6.45) is 1.93. The number of hydrogen-bond donors (Lipinski definition) is 0. The summed E-state index contributed by atoms with van der Waals surface area (Å²) in [4.78, 5) is 0. The van der Waals surface area contributed by atoms with Gasteiger partial charge in [0.2, 0.25) is 12.6 Å². The maximum absolute atomic E-state index is 5.47. The van der Waals surface area contributed by atoms with E-state index in [0.29, 0.717) is 11.5 Å². The van der Waals surface area contributed by atoms with E-state index in [4.69, 9.17) is 18.9 Å². The highest BCUT2D eigenvalue weighted by Gasteiger charge is 2.05. The van der Waals surface area contributed by atoms with Crippen molar-refractivity contribution in [1.29, 1.82) is 0 Å². The molecule has 0 aromatic heterocycles. The Morgan fingerprint density at radius 3 is 1.44 bits per heavy atom. The summed E-state index contributed by atoms with van der Waals surface area (Å²) in [7, 11) is 0. The van der Waals surface area contributed by atoms with Crippen LogP contribution in [0.3, 0.4) is 0 Å². The second-order valence-electron chi connectivity index (χ2n) is 3.45. The predicted molar refractivity (Wildman–Crippen MR) is 69.2 cm³/mol. The SMILES string of the molecule is C=COC(C)Oc1ccc(OC(C)OC=C)cc1. The first-order valence-corrected chi connectivity index (χ1v) is 5.62. The zero-order chi connectivity index (χ0) is 13.4. The number of rotatable bonds is 8. The van der Waals surface area contributed by atoms with Crippen molar-refractivity contribution in [3.8, 4) is 11.5 Å². The molecule has 1 aromatic rings. The van der Waals surface area contributed by atoms with Gasteiger partial charge in [-0.15, -0.1) is 0 Å². The molecule has 0 fully saturated rings. The van der Waals surface area contributed by atoms with Crippen LogP contribution in [0.4, 0.5) is 0 Å². The zero-order valence-electron chi connectivity index (χ0n) is 10.7. The highest BCUT2D eigenvalue weighted by Crippen LogP contribution is 2.20. The van der Waals surface area contributed by atoms with Crippen LogP contribution in [0.15, 0.2) is 49.9 Å². The summed E-state index contributed by atoms with van der Waals surface area (Å²) >= 11 is 0. The van der Waals surface area contributed by atoms with Gasteiger partial charge in [0.15, 0.2) is 0 Å². The Hall–Kier alpha value is -2.10. The predicted octanol–water partition coefficient (Wildman–Crippen LogP) is 3.46. The van der Waals surface area contributed by atoms with Gasteiger partial charge in [-0.2, -0.15) is 0 Å². The first-order valence-electron chi connectivity index (χ1n) is 5.62. The Morgan fingerprint density at radius 2 is 1.17 bits per heavy atom. The van der Waals surface area contributed by atoms with Gasteiger partial charge in [-0.05, 0) is 24.3 Å². The van der Waals surface area contributed by atoms with Crippen molar-refractivity contribution in [3.05, 3.63) is 49.9 Å². The van der Waals surface area contributed by atoms with E-state index in [9.17, 15) is 0 Å². The number of ether oxygens (including phenoxy) is 4. The molecule has 1 rings (SSSR count). The van der Waals surface area contributed by atoms with E-state index in [1.165, 1.54) is 12.5 Å². The summed E-state index contributed by atoms with van der Waals surface area (Å²) in [5.74, 6) is 1.38. The molecule has 0 aliphatic carbocycles. The molecule has 2 atom stereocenters. The molecule has 1 aromatic carbocycles. The third kappa shape index (κ3) is 4.82. The van der Waals surface area contributed by atoms with Crippen LogP contribution in [-0.4, -0.2) is 12.6 Å². The molecule has 0 radical (unpaired) electrons. The molecule has 4 heteroatoms. The Labute approximate surface area is 107 Å². The van der Waals surface area contributed by atoms with Crippen LogP contribution < -0.4 is 9.47 Å². The van der Waals surface area contributed by atoms with Crippen molar-refractivity contribution in [2.45, 2.75) is 26.4 Å². The molecule has 0 heterocycles. The van der Waals surface area contributed by atoms with Crippen molar-refractivity contribution in [3.63, 3.8) is 0 Å². The normalized spacial score (nSPS) is 13.0. The van der Waals surface area contributed by atoms with Gasteiger partial charge in [-0.3, -0.25) is 0 Å². The molecule has 0 bridgehead atoms. The molecule has 2 unspecified atom stereocenters. The fourth-order valence-electron chi connectivity index (χ4n) is 1.31. The number of benzene rings is 1. The van der Waals surface area contributed by atoms with Gasteiger partial charge in [0.05, 0.1) is 12.5 Å². The van der Waals surface area contributed by atoms with Crippen LogP contribution >= 0.6 is 0 Å². The highest BCUT2D eigenvalue weighted by molar-refractivity contribution is 5.31. The van der Waals surface area contributed by atoms with E-state index in [-0.39, 0.29) is 12.6 Å². The molecule has 4 nitrogen and oxygen atoms in total. The quantitative estimate of drug-likeness (QED) is 0.523. The van der Waals surface area contributed by atoms with E-state index in [1.807, 2.05) is 0 Å². The van der Waals surface area contributed by atoms with Crippen LogP contribution in [0.25, 0.3) is 0 Å². The van der Waals surface area contributed by atoms with Crippen molar-refractivity contribution >= 4 is 0 Å². The van der Waals surface area contributed by atoms with Crippen LogP contribution in [0, 0.1) is 0 Å². The van der Waals surface area contributed by atoms with Gasteiger partial charge in [0.25, 0.3) is 0 Å². The fraction of sp³-hybridized carbons (Fsp3) is 0.286.